The van der Waals surface area contributed by atoms with E-state index >= 15 is 0 Å². The summed E-state index contributed by atoms with van der Waals surface area (Å²) < 4.78 is 33.6. The molecule has 15 heteroatoms. The van der Waals surface area contributed by atoms with Crippen molar-refractivity contribution in [2.24, 2.45) is 0 Å². The molecule has 2 rings (SSSR count). The second-order valence-corrected chi connectivity index (χ2v) is 20.5. The first-order valence-electron chi connectivity index (χ1n) is 29.1. The molecule has 11 atom stereocenters. The van der Waals surface area contributed by atoms with Crippen molar-refractivity contribution >= 4 is 11.9 Å². The molecule has 0 aromatic heterocycles. The highest BCUT2D eigenvalue weighted by atomic mass is 16.7. The van der Waals surface area contributed by atoms with Crippen LogP contribution in [0.3, 0.4) is 0 Å². The topological polar surface area (TPSA) is 231 Å². The van der Waals surface area contributed by atoms with Gasteiger partial charge < -0.3 is 64.2 Å². The minimum Gasteiger partial charge on any atom is -0.462 e. The van der Waals surface area contributed by atoms with Crippen molar-refractivity contribution in [3.05, 3.63) is 36.5 Å². The van der Waals surface area contributed by atoms with Crippen molar-refractivity contribution < 1.29 is 73.8 Å². The number of aliphatic hydroxyl groups is 7. The fourth-order valence-electron chi connectivity index (χ4n) is 9.06. The minimum atomic E-state index is -1.77. The second-order valence-electron chi connectivity index (χ2n) is 20.5. The van der Waals surface area contributed by atoms with Crippen molar-refractivity contribution in [3.63, 3.8) is 0 Å². The Hall–Kier alpha value is -2.28. The molecule has 2 aliphatic rings. The minimum absolute atomic E-state index is 0.105. The number of allylic oxidation sites excluding steroid dienone is 6. The van der Waals surface area contributed by atoms with Crippen LogP contribution in [0.15, 0.2) is 36.5 Å². The van der Waals surface area contributed by atoms with Crippen LogP contribution in [-0.2, 0) is 38.0 Å². The van der Waals surface area contributed by atoms with Gasteiger partial charge in [-0.15, -0.1) is 0 Å². The van der Waals surface area contributed by atoms with E-state index in [9.17, 15) is 45.3 Å². The van der Waals surface area contributed by atoms with Gasteiger partial charge in [-0.1, -0.05) is 179 Å². The van der Waals surface area contributed by atoms with Crippen LogP contribution >= 0.6 is 0 Å². The summed E-state index contributed by atoms with van der Waals surface area (Å²) in [6.07, 6.45) is 33.3. The van der Waals surface area contributed by atoms with Gasteiger partial charge in [0.1, 0.15) is 55.4 Å². The molecule has 0 aliphatic carbocycles. The summed E-state index contributed by atoms with van der Waals surface area (Å²) >= 11 is 0. The first-order valence-corrected chi connectivity index (χ1v) is 29.1. The number of hydrogen-bond acceptors (Lipinski definition) is 15. The zero-order valence-electron chi connectivity index (χ0n) is 45.4. The highest BCUT2D eigenvalue weighted by Crippen LogP contribution is 2.27. The molecule has 426 valence electrons. The third kappa shape index (κ3) is 32.2. The predicted molar refractivity (Wildman–Crippen MR) is 284 cm³/mol. The lowest BCUT2D eigenvalue weighted by atomic mass is 9.98. The molecule has 0 spiro atoms. The Morgan fingerprint density at radius 2 is 0.808 bits per heavy atom. The van der Waals surface area contributed by atoms with Crippen LogP contribution < -0.4 is 0 Å². The molecule has 0 radical (unpaired) electrons. The number of hydrogen-bond donors (Lipinski definition) is 7. The summed E-state index contributed by atoms with van der Waals surface area (Å²) in [5, 5.41) is 72.2. The zero-order valence-corrected chi connectivity index (χ0v) is 45.4. The highest BCUT2D eigenvalue weighted by Gasteiger charge is 2.47. The summed E-state index contributed by atoms with van der Waals surface area (Å²) in [5.74, 6) is -0.978. The average molecular weight is 1040 g/mol. The molecule has 0 aromatic rings. The Morgan fingerprint density at radius 1 is 0.425 bits per heavy atom. The fourth-order valence-corrected chi connectivity index (χ4v) is 9.06. The van der Waals surface area contributed by atoms with Crippen molar-refractivity contribution in [1.82, 2.24) is 0 Å². The monoisotopic (exact) mass is 1040 g/mol. The van der Waals surface area contributed by atoms with E-state index in [0.29, 0.717) is 19.3 Å². The normalized spacial score (nSPS) is 25.1. The van der Waals surface area contributed by atoms with Crippen molar-refractivity contribution in [1.29, 1.82) is 0 Å². The lowest BCUT2D eigenvalue weighted by molar-refractivity contribution is -0.332. The van der Waals surface area contributed by atoms with Gasteiger partial charge in [0.2, 0.25) is 0 Å². The van der Waals surface area contributed by atoms with Crippen LogP contribution in [0.4, 0.5) is 0 Å². The average Bonchev–Trinajstić information content (AvgIpc) is 3.38. The quantitative estimate of drug-likeness (QED) is 0.0171. The number of rotatable bonds is 46. The van der Waals surface area contributed by atoms with E-state index in [1.54, 1.807) is 0 Å². The second kappa shape index (κ2) is 44.8. The summed E-state index contributed by atoms with van der Waals surface area (Å²) in [4.78, 5) is 25.8. The van der Waals surface area contributed by atoms with Gasteiger partial charge in [-0.3, -0.25) is 9.59 Å². The van der Waals surface area contributed by atoms with Crippen LogP contribution in [0.25, 0.3) is 0 Å². The first-order chi connectivity index (χ1) is 35.5. The van der Waals surface area contributed by atoms with Gasteiger partial charge in [0.15, 0.2) is 18.7 Å². The standard InChI is InChI=1S/C58H104O15/c1-3-5-7-9-11-13-15-17-19-20-21-22-23-24-25-26-27-29-31-33-35-37-39-41-50(61)71-46(43-68-49(60)40-38-36-34-32-30-28-18-16-14-12-10-8-6-4-2)44-69-57-56(67)54(65)52(63)48(73-57)45-70-58-55(66)53(64)51(62)47(42-59)72-58/h16,18,26-27,33,35,46-48,51-59,62-67H,3-15,17,19-25,28-32,34,36-45H2,1-2H3/b18-16+,27-26+,35-33+/t46-,47+,48+,51-,52-,53?,54?,55?,56?,57+,58+/m1/s1. The van der Waals surface area contributed by atoms with Crippen molar-refractivity contribution in [2.45, 2.75) is 293 Å². The van der Waals surface area contributed by atoms with Gasteiger partial charge in [0.25, 0.3) is 0 Å². The zero-order chi connectivity index (χ0) is 53.2. The SMILES string of the molecule is CCCCCCC/C=C/CCCCCCCC(=O)OC[C@H](CO[C@H]1O[C@@H](CO[C@H]2O[C@@H](CO)[C@@H](O)C(O)C2O)[C@@H](O)C(O)C1O)OC(=O)CCC/C=C/CC/C=C/CCCCCCCCCCCCCCCC. The molecule has 0 bridgehead atoms. The Kier molecular flexibility index (Phi) is 41.0. The van der Waals surface area contributed by atoms with E-state index in [1.807, 2.05) is 0 Å². The first kappa shape index (κ1) is 66.8. The maximum absolute atomic E-state index is 13.0. The van der Waals surface area contributed by atoms with E-state index in [2.05, 4.69) is 50.3 Å². The molecular formula is C58H104O15. The van der Waals surface area contributed by atoms with Crippen LogP contribution in [0, 0.1) is 0 Å². The summed E-state index contributed by atoms with van der Waals surface area (Å²) in [5.41, 5.74) is 0. The van der Waals surface area contributed by atoms with E-state index in [-0.39, 0.29) is 19.4 Å². The number of ether oxygens (including phenoxy) is 6. The third-order valence-corrected chi connectivity index (χ3v) is 13.8. The van der Waals surface area contributed by atoms with Gasteiger partial charge in [0, 0.05) is 12.8 Å². The molecule has 4 unspecified atom stereocenters. The van der Waals surface area contributed by atoms with Crippen LogP contribution in [0.5, 0.6) is 0 Å². The molecule has 0 saturated carbocycles. The molecule has 0 aromatic carbocycles. The Labute approximate surface area is 440 Å². The smallest absolute Gasteiger partial charge is 0.306 e. The molecule has 2 aliphatic heterocycles. The maximum atomic E-state index is 13.0. The molecule has 0 amide bonds. The van der Waals surface area contributed by atoms with E-state index < -0.39 is 99.3 Å². The lowest BCUT2D eigenvalue weighted by Crippen LogP contribution is -2.61. The number of esters is 2. The highest BCUT2D eigenvalue weighted by molar-refractivity contribution is 5.70. The molecule has 73 heavy (non-hydrogen) atoms. The van der Waals surface area contributed by atoms with Crippen molar-refractivity contribution in [3.8, 4) is 0 Å². The van der Waals surface area contributed by atoms with Crippen LogP contribution in [0.2, 0.25) is 0 Å². The van der Waals surface area contributed by atoms with Gasteiger partial charge >= 0.3 is 11.9 Å². The number of carbonyl (C=O) groups is 2. The van der Waals surface area contributed by atoms with E-state index in [1.165, 1.54) is 122 Å². The van der Waals surface area contributed by atoms with Gasteiger partial charge in [-0.05, 0) is 70.6 Å². The fraction of sp³-hybridized carbons (Fsp3) is 0.862. The molecule has 2 saturated heterocycles. The Morgan fingerprint density at radius 3 is 1.29 bits per heavy atom. The molecule has 7 N–H and O–H groups in total. The predicted octanol–water partition coefficient (Wildman–Crippen LogP) is 9.66. The number of carbonyl (C=O) groups excluding carboxylic acids is 2. The van der Waals surface area contributed by atoms with Gasteiger partial charge in [-0.2, -0.15) is 0 Å². The van der Waals surface area contributed by atoms with Gasteiger partial charge in [-0.25, -0.2) is 0 Å². The summed E-state index contributed by atoms with van der Waals surface area (Å²) in [7, 11) is 0. The molecule has 2 heterocycles. The largest absolute Gasteiger partial charge is 0.462 e. The molecule has 15 nitrogen and oxygen atoms in total. The summed E-state index contributed by atoms with van der Waals surface area (Å²) in [6, 6.07) is 0. The molecular weight excluding hydrogens is 937 g/mol. The van der Waals surface area contributed by atoms with Crippen LogP contribution in [0.1, 0.15) is 226 Å². The molecule has 2 fully saturated rings. The van der Waals surface area contributed by atoms with E-state index in [4.69, 9.17) is 28.4 Å². The third-order valence-electron chi connectivity index (χ3n) is 13.8. The number of unbranched alkanes of at least 4 members (excludes halogenated alkanes) is 26. The number of aliphatic hydroxyl groups excluding tert-OH is 7. The van der Waals surface area contributed by atoms with Gasteiger partial charge in [0.05, 0.1) is 19.8 Å². The van der Waals surface area contributed by atoms with Crippen molar-refractivity contribution in [2.75, 3.05) is 26.4 Å². The maximum Gasteiger partial charge on any atom is 0.306 e. The Balaban J connectivity index is 1.76. The van der Waals surface area contributed by atoms with Crippen LogP contribution in [-0.4, -0.2) is 142 Å². The van der Waals surface area contributed by atoms with E-state index in [0.717, 1.165) is 57.8 Å². The lowest BCUT2D eigenvalue weighted by Gasteiger charge is -2.42. The summed E-state index contributed by atoms with van der Waals surface area (Å²) in [6.45, 7) is 2.56. The Bertz CT molecular complexity index is 1410.